The van der Waals surface area contributed by atoms with E-state index in [-0.39, 0.29) is 36.1 Å². The van der Waals surface area contributed by atoms with Gasteiger partial charge in [-0.05, 0) is 27.2 Å². The highest BCUT2D eigenvalue weighted by molar-refractivity contribution is 14.0. The molecule has 0 fully saturated rings. The zero-order valence-corrected chi connectivity index (χ0v) is 13.6. The smallest absolute Gasteiger partial charge is 0.188 e. The van der Waals surface area contributed by atoms with Crippen molar-refractivity contribution >= 4 is 29.9 Å². The molecule has 0 bridgehead atoms. The number of rotatable bonds is 8. The quantitative estimate of drug-likeness (QED) is 0.297. The van der Waals surface area contributed by atoms with Gasteiger partial charge in [0.2, 0.25) is 0 Å². The summed E-state index contributed by atoms with van der Waals surface area (Å²) in [5.74, 6) is 0.467. The highest BCUT2D eigenvalue weighted by Crippen LogP contribution is 1.90. The lowest BCUT2D eigenvalue weighted by Gasteiger charge is -2.13. The zero-order chi connectivity index (χ0) is 12.4. The van der Waals surface area contributed by atoms with Crippen LogP contribution in [0.5, 0.6) is 0 Å². The van der Waals surface area contributed by atoms with Crippen LogP contribution in [0.3, 0.4) is 0 Å². The van der Waals surface area contributed by atoms with Crippen LogP contribution in [0.2, 0.25) is 0 Å². The predicted octanol–water partition coefficient (Wildman–Crippen LogP) is 1.36. The molecular weight excluding hydrogens is 333 g/mol. The van der Waals surface area contributed by atoms with Crippen LogP contribution in [0.15, 0.2) is 4.99 Å². The first-order chi connectivity index (χ1) is 7.56. The first kappa shape index (κ1) is 19.3. The molecule has 0 aliphatic rings. The fourth-order valence-corrected chi connectivity index (χ4v) is 1.17. The van der Waals surface area contributed by atoms with Crippen molar-refractivity contribution in [2.45, 2.75) is 39.3 Å². The van der Waals surface area contributed by atoms with Gasteiger partial charge in [0.25, 0.3) is 0 Å². The van der Waals surface area contributed by atoms with Crippen LogP contribution in [0.1, 0.15) is 27.2 Å². The average molecular weight is 359 g/mol. The Balaban J connectivity index is 0. The van der Waals surface area contributed by atoms with Gasteiger partial charge in [0.15, 0.2) is 5.96 Å². The maximum atomic E-state index is 5.69. The number of halogens is 1. The Labute approximate surface area is 122 Å². The molecule has 5 nitrogen and oxygen atoms in total. The Hall–Kier alpha value is -0.0800. The van der Waals surface area contributed by atoms with Gasteiger partial charge in [-0.15, -0.1) is 24.0 Å². The van der Waals surface area contributed by atoms with E-state index < -0.39 is 0 Å². The minimum atomic E-state index is 0. The molecule has 0 aromatic carbocycles. The Morgan fingerprint density at radius 2 is 2.00 bits per heavy atom. The van der Waals surface area contributed by atoms with Crippen LogP contribution >= 0.6 is 24.0 Å². The van der Waals surface area contributed by atoms with E-state index in [1.165, 1.54) is 0 Å². The number of nitrogens with zero attached hydrogens (tertiary/aromatic N) is 1. The number of guanidine groups is 1. The molecule has 1 atom stereocenters. The Kier molecular flexibility index (Phi) is 14.0. The van der Waals surface area contributed by atoms with Crippen molar-refractivity contribution in [3.63, 3.8) is 0 Å². The second kappa shape index (κ2) is 12.4. The van der Waals surface area contributed by atoms with E-state index in [9.17, 15) is 0 Å². The molecule has 6 heteroatoms. The molecule has 0 spiro atoms. The van der Waals surface area contributed by atoms with Crippen molar-refractivity contribution < 1.29 is 9.47 Å². The highest BCUT2D eigenvalue weighted by Gasteiger charge is 2.00. The highest BCUT2D eigenvalue weighted by atomic mass is 127. The number of hydrogen-bond donors (Lipinski definition) is 2. The van der Waals surface area contributed by atoms with Gasteiger partial charge in [0.1, 0.15) is 0 Å². The van der Waals surface area contributed by atoms with Gasteiger partial charge >= 0.3 is 0 Å². The van der Waals surface area contributed by atoms with E-state index in [2.05, 4.69) is 10.3 Å². The largest absolute Gasteiger partial charge is 0.383 e. The third-order valence-corrected chi connectivity index (χ3v) is 1.85. The van der Waals surface area contributed by atoms with Crippen LogP contribution in [-0.4, -0.2) is 45.0 Å². The zero-order valence-electron chi connectivity index (χ0n) is 11.2. The first-order valence-corrected chi connectivity index (χ1v) is 5.73. The Morgan fingerprint density at radius 1 is 1.35 bits per heavy atom. The average Bonchev–Trinajstić information content (AvgIpc) is 2.16. The Bertz CT molecular complexity index is 201. The molecule has 0 saturated carbocycles. The van der Waals surface area contributed by atoms with E-state index in [1.54, 1.807) is 7.11 Å². The number of nitrogens with two attached hydrogens (primary N) is 1. The molecule has 0 amide bonds. The lowest BCUT2D eigenvalue weighted by atomic mass is 10.4. The fourth-order valence-electron chi connectivity index (χ4n) is 1.17. The fraction of sp³-hybridized carbons (Fsp3) is 0.909. The minimum Gasteiger partial charge on any atom is -0.383 e. The third kappa shape index (κ3) is 13.9. The molecule has 0 heterocycles. The van der Waals surface area contributed by atoms with Gasteiger partial charge in [-0.1, -0.05) is 0 Å². The summed E-state index contributed by atoms with van der Waals surface area (Å²) < 4.78 is 10.4. The van der Waals surface area contributed by atoms with Crippen molar-refractivity contribution in [2.75, 3.05) is 26.9 Å². The summed E-state index contributed by atoms with van der Waals surface area (Å²) in [5.41, 5.74) is 5.69. The molecule has 104 valence electrons. The standard InChI is InChI=1S/C11H25N3O2.HI/c1-9(2)16-7-5-6-13-11(12)14-10(3)8-15-4;/h9-10H,5-8H2,1-4H3,(H3,12,13,14);1H. The maximum absolute atomic E-state index is 5.69. The molecule has 0 rings (SSSR count). The van der Waals surface area contributed by atoms with Gasteiger partial charge in [0.05, 0.1) is 12.7 Å². The predicted molar refractivity (Wildman–Crippen MR) is 82.1 cm³/mol. The number of nitrogens with one attached hydrogen (secondary N) is 1. The summed E-state index contributed by atoms with van der Waals surface area (Å²) >= 11 is 0. The lowest BCUT2D eigenvalue weighted by molar-refractivity contribution is 0.0782. The van der Waals surface area contributed by atoms with E-state index in [1.807, 2.05) is 20.8 Å². The summed E-state index contributed by atoms with van der Waals surface area (Å²) in [4.78, 5) is 4.19. The van der Waals surface area contributed by atoms with Crippen LogP contribution in [0.4, 0.5) is 0 Å². The van der Waals surface area contributed by atoms with Gasteiger partial charge in [-0.3, -0.25) is 4.99 Å². The molecule has 0 saturated heterocycles. The van der Waals surface area contributed by atoms with Crippen molar-refractivity contribution in [2.24, 2.45) is 10.7 Å². The van der Waals surface area contributed by atoms with E-state index in [4.69, 9.17) is 15.2 Å². The van der Waals surface area contributed by atoms with Crippen LogP contribution < -0.4 is 11.1 Å². The normalized spacial score (nSPS) is 13.4. The van der Waals surface area contributed by atoms with E-state index in [0.29, 0.717) is 19.1 Å². The number of methoxy groups -OCH3 is 1. The SMILES string of the molecule is COCC(C)NC(N)=NCCCOC(C)C.I. The van der Waals surface area contributed by atoms with Crippen LogP contribution in [-0.2, 0) is 9.47 Å². The number of aliphatic imine (C=N–C) groups is 1. The summed E-state index contributed by atoms with van der Waals surface area (Å²) in [6, 6.07) is 0.181. The Morgan fingerprint density at radius 3 is 2.53 bits per heavy atom. The second-order valence-electron chi connectivity index (χ2n) is 4.04. The summed E-state index contributed by atoms with van der Waals surface area (Å²) in [7, 11) is 1.66. The molecule has 0 radical (unpaired) electrons. The topological polar surface area (TPSA) is 68.9 Å². The molecular formula is C11H26IN3O2. The third-order valence-electron chi connectivity index (χ3n) is 1.85. The molecule has 0 aromatic rings. The van der Waals surface area contributed by atoms with Gasteiger partial charge in [-0.2, -0.15) is 0 Å². The summed E-state index contributed by atoms with van der Waals surface area (Å²) in [6.07, 6.45) is 1.17. The van der Waals surface area contributed by atoms with Gasteiger partial charge in [-0.25, -0.2) is 0 Å². The van der Waals surface area contributed by atoms with Gasteiger partial charge in [0, 0.05) is 26.3 Å². The van der Waals surface area contributed by atoms with E-state index in [0.717, 1.165) is 13.0 Å². The minimum absolute atomic E-state index is 0. The molecule has 17 heavy (non-hydrogen) atoms. The van der Waals surface area contributed by atoms with Crippen molar-refractivity contribution in [3.8, 4) is 0 Å². The summed E-state index contributed by atoms with van der Waals surface area (Å²) in [5, 5.41) is 3.04. The molecule has 1 unspecified atom stereocenters. The van der Waals surface area contributed by atoms with Gasteiger partial charge < -0.3 is 20.5 Å². The maximum Gasteiger partial charge on any atom is 0.188 e. The molecule has 0 aliphatic heterocycles. The van der Waals surface area contributed by atoms with Crippen molar-refractivity contribution in [1.29, 1.82) is 0 Å². The molecule has 0 aromatic heterocycles. The molecule has 0 aliphatic carbocycles. The number of hydrogen-bond acceptors (Lipinski definition) is 3. The van der Waals surface area contributed by atoms with Crippen molar-refractivity contribution in [3.05, 3.63) is 0 Å². The number of ether oxygens (including phenoxy) is 2. The van der Waals surface area contributed by atoms with E-state index >= 15 is 0 Å². The summed E-state index contributed by atoms with van der Waals surface area (Å²) in [6.45, 7) is 8.06. The second-order valence-corrected chi connectivity index (χ2v) is 4.04. The molecule has 3 N–H and O–H groups in total. The lowest BCUT2D eigenvalue weighted by Crippen LogP contribution is -2.40. The van der Waals surface area contributed by atoms with Crippen LogP contribution in [0, 0.1) is 0 Å². The first-order valence-electron chi connectivity index (χ1n) is 5.73. The van der Waals surface area contributed by atoms with Crippen LogP contribution in [0.25, 0.3) is 0 Å². The monoisotopic (exact) mass is 359 g/mol. The van der Waals surface area contributed by atoms with Crippen molar-refractivity contribution in [1.82, 2.24) is 5.32 Å².